The summed E-state index contributed by atoms with van der Waals surface area (Å²) in [6.45, 7) is 2.29. The van der Waals surface area contributed by atoms with E-state index in [1.807, 2.05) is 12.1 Å². The number of rotatable bonds is 5. The summed E-state index contributed by atoms with van der Waals surface area (Å²) in [5.41, 5.74) is 3.06. The molecule has 0 saturated carbocycles. The molecular formula is C20H22N4O2. The molecule has 1 aliphatic rings. The van der Waals surface area contributed by atoms with Gasteiger partial charge in [-0.25, -0.2) is 9.97 Å². The zero-order valence-corrected chi connectivity index (χ0v) is 15.0. The van der Waals surface area contributed by atoms with Crippen molar-refractivity contribution in [3.63, 3.8) is 0 Å². The first-order chi connectivity index (χ1) is 12.8. The van der Waals surface area contributed by atoms with E-state index < -0.39 is 0 Å². The van der Waals surface area contributed by atoms with Crippen molar-refractivity contribution in [2.45, 2.75) is 12.8 Å². The number of benzene rings is 2. The van der Waals surface area contributed by atoms with Crippen molar-refractivity contribution in [2.75, 3.05) is 37.5 Å². The molecule has 2 heterocycles. The first-order valence-corrected chi connectivity index (χ1v) is 8.77. The first-order valence-electron chi connectivity index (χ1n) is 8.77. The quantitative estimate of drug-likeness (QED) is 0.751. The average molecular weight is 350 g/mol. The highest BCUT2D eigenvalue weighted by Crippen LogP contribution is 2.34. The molecule has 1 saturated heterocycles. The molecule has 1 N–H and O–H groups in total. The lowest BCUT2D eigenvalue weighted by Crippen LogP contribution is -2.17. The molecule has 3 aromatic rings. The van der Waals surface area contributed by atoms with Gasteiger partial charge >= 0.3 is 0 Å². The smallest absolute Gasteiger partial charge is 0.162 e. The van der Waals surface area contributed by atoms with Gasteiger partial charge in [0.1, 0.15) is 12.1 Å². The van der Waals surface area contributed by atoms with E-state index >= 15 is 0 Å². The van der Waals surface area contributed by atoms with E-state index in [2.05, 4.69) is 44.5 Å². The molecule has 134 valence electrons. The first kappa shape index (κ1) is 16.4. The molecule has 6 nitrogen and oxygen atoms in total. The third kappa shape index (κ3) is 3.10. The van der Waals surface area contributed by atoms with Crippen molar-refractivity contribution in [1.29, 1.82) is 0 Å². The Morgan fingerprint density at radius 3 is 2.31 bits per heavy atom. The lowest BCUT2D eigenvalue weighted by atomic mass is 10.2. The number of methoxy groups -OCH3 is 2. The maximum atomic E-state index is 5.41. The molecule has 0 aliphatic carbocycles. The van der Waals surface area contributed by atoms with Crippen LogP contribution in [0.3, 0.4) is 0 Å². The van der Waals surface area contributed by atoms with Crippen LogP contribution in [0, 0.1) is 0 Å². The summed E-state index contributed by atoms with van der Waals surface area (Å²) in [6.07, 6.45) is 4.10. The van der Waals surface area contributed by atoms with Gasteiger partial charge in [0.05, 0.1) is 19.7 Å². The fourth-order valence-corrected chi connectivity index (χ4v) is 3.35. The third-order valence-electron chi connectivity index (χ3n) is 4.74. The predicted molar refractivity (Wildman–Crippen MR) is 104 cm³/mol. The number of ether oxygens (including phenoxy) is 2. The van der Waals surface area contributed by atoms with Gasteiger partial charge in [0, 0.05) is 35.9 Å². The SMILES string of the molecule is COc1cc2ncnc(Nc3ccc(N4CCCC4)cc3)c2cc1OC. The summed E-state index contributed by atoms with van der Waals surface area (Å²) in [6, 6.07) is 12.2. The maximum Gasteiger partial charge on any atom is 0.162 e. The fraction of sp³-hybridized carbons (Fsp3) is 0.300. The largest absolute Gasteiger partial charge is 0.493 e. The van der Waals surface area contributed by atoms with E-state index in [-0.39, 0.29) is 0 Å². The van der Waals surface area contributed by atoms with E-state index in [0.29, 0.717) is 11.5 Å². The van der Waals surface area contributed by atoms with Crippen molar-refractivity contribution < 1.29 is 9.47 Å². The van der Waals surface area contributed by atoms with Gasteiger partial charge < -0.3 is 19.7 Å². The number of nitrogens with zero attached hydrogens (tertiary/aromatic N) is 3. The van der Waals surface area contributed by atoms with Crippen LogP contribution in [0.4, 0.5) is 17.2 Å². The number of hydrogen-bond donors (Lipinski definition) is 1. The summed E-state index contributed by atoms with van der Waals surface area (Å²) in [4.78, 5) is 11.2. The Morgan fingerprint density at radius 1 is 0.923 bits per heavy atom. The monoisotopic (exact) mass is 350 g/mol. The highest BCUT2D eigenvalue weighted by Gasteiger charge is 2.13. The van der Waals surface area contributed by atoms with Crippen molar-refractivity contribution in [3.05, 3.63) is 42.7 Å². The average Bonchev–Trinajstić information content (AvgIpc) is 3.22. The predicted octanol–water partition coefficient (Wildman–Crippen LogP) is 3.99. The summed E-state index contributed by atoms with van der Waals surface area (Å²) in [5, 5.41) is 4.27. The van der Waals surface area contributed by atoms with E-state index in [9.17, 15) is 0 Å². The van der Waals surface area contributed by atoms with Gasteiger partial charge in [0.25, 0.3) is 0 Å². The van der Waals surface area contributed by atoms with Crippen LogP contribution in [0.15, 0.2) is 42.7 Å². The van der Waals surface area contributed by atoms with E-state index in [4.69, 9.17) is 9.47 Å². The molecular weight excluding hydrogens is 328 g/mol. The van der Waals surface area contributed by atoms with Crippen molar-refractivity contribution in [2.24, 2.45) is 0 Å². The van der Waals surface area contributed by atoms with Gasteiger partial charge in [0.2, 0.25) is 0 Å². The standard InChI is InChI=1S/C20H22N4O2/c1-25-18-11-16-17(12-19(18)26-2)21-13-22-20(16)23-14-5-7-15(8-6-14)24-9-3-4-10-24/h5-8,11-13H,3-4,9-10H2,1-2H3,(H,21,22,23). The summed E-state index contributed by atoms with van der Waals surface area (Å²) in [5.74, 6) is 2.05. The van der Waals surface area contributed by atoms with Crippen molar-refractivity contribution >= 4 is 28.1 Å². The van der Waals surface area contributed by atoms with Gasteiger partial charge in [-0.1, -0.05) is 0 Å². The fourth-order valence-electron chi connectivity index (χ4n) is 3.35. The molecule has 0 atom stereocenters. The molecule has 1 aliphatic heterocycles. The van der Waals surface area contributed by atoms with Gasteiger partial charge in [-0.2, -0.15) is 0 Å². The van der Waals surface area contributed by atoms with Gasteiger partial charge in [-0.15, -0.1) is 0 Å². The Bertz CT molecular complexity index is 906. The van der Waals surface area contributed by atoms with E-state index in [1.165, 1.54) is 18.5 Å². The Balaban J connectivity index is 1.64. The third-order valence-corrected chi connectivity index (χ3v) is 4.74. The van der Waals surface area contributed by atoms with Gasteiger partial charge in [0.15, 0.2) is 11.5 Å². The molecule has 0 unspecified atom stereocenters. The van der Waals surface area contributed by atoms with Crippen molar-refractivity contribution in [1.82, 2.24) is 9.97 Å². The van der Waals surface area contributed by atoms with Crippen LogP contribution in [0.2, 0.25) is 0 Å². The molecule has 1 fully saturated rings. The van der Waals surface area contributed by atoms with Crippen LogP contribution < -0.4 is 19.7 Å². The van der Waals surface area contributed by atoms with Crippen molar-refractivity contribution in [3.8, 4) is 11.5 Å². The van der Waals surface area contributed by atoms with Crippen LogP contribution in [0.1, 0.15) is 12.8 Å². The summed E-state index contributed by atoms with van der Waals surface area (Å²) in [7, 11) is 3.24. The number of aromatic nitrogens is 2. The number of anilines is 3. The van der Waals surface area contributed by atoms with Crippen LogP contribution in [-0.2, 0) is 0 Å². The molecule has 0 radical (unpaired) electrons. The van der Waals surface area contributed by atoms with Crippen LogP contribution in [0.25, 0.3) is 10.9 Å². The lowest BCUT2D eigenvalue weighted by molar-refractivity contribution is 0.356. The summed E-state index contributed by atoms with van der Waals surface area (Å²) >= 11 is 0. The molecule has 6 heteroatoms. The topological polar surface area (TPSA) is 59.5 Å². The number of fused-ring (bicyclic) bond motifs is 1. The highest BCUT2D eigenvalue weighted by atomic mass is 16.5. The van der Waals surface area contributed by atoms with Crippen LogP contribution in [0.5, 0.6) is 11.5 Å². The zero-order valence-electron chi connectivity index (χ0n) is 15.0. The van der Waals surface area contributed by atoms with E-state index in [1.54, 1.807) is 20.5 Å². The zero-order chi connectivity index (χ0) is 17.9. The second-order valence-electron chi connectivity index (χ2n) is 6.31. The Morgan fingerprint density at radius 2 is 1.62 bits per heavy atom. The molecule has 4 rings (SSSR count). The minimum absolute atomic E-state index is 0.652. The Hall–Kier alpha value is -3.02. The molecule has 0 bridgehead atoms. The maximum absolute atomic E-state index is 5.41. The second-order valence-corrected chi connectivity index (χ2v) is 6.31. The second kappa shape index (κ2) is 7.07. The lowest BCUT2D eigenvalue weighted by Gasteiger charge is -2.18. The molecule has 0 spiro atoms. The summed E-state index contributed by atoms with van der Waals surface area (Å²) < 4.78 is 10.8. The number of nitrogens with one attached hydrogen (secondary N) is 1. The molecule has 26 heavy (non-hydrogen) atoms. The number of hydrogen-bond acceptors (Lipinski definition) is 6. The van der Waals surface area contributed by atoms with Crippen LogP contribution >= 0.6 is 0 Å². The minimum atomic E-state index is 0.652. The van der Waals surface area contributed by atoms with Gasteiger partial charge in [-0.05, 0) is 43.2 Å². The molecule has 2 aromatic carbocycles. The minimum Gasteiger partial charge on any atom is -0.493 e. The molecule has 0 amide bonds. The highest BCUT2D eigenvalue weighted by molar-refractivity contribution is 5.93. The normalized spacial score (nSPS) is 13.8. The van der Waals surface area contributed by atoms with Gasteiger partial charge in [-0.3, -0.25) is 0 Å². The van der Waals surface area contributed by atoms with Crippen LogP contribution in [-0.4, -0.2) is 37.3 Å². The van der Waals surface area contributed by atoms with E-state index in [0.717, 1.165) is 35.5 Å². The molecule has 1 aromatic heterocycles. The Kier molecular flexibility index (Phi) is 4.48. The Labute approximate surface area is 152 Å².